The predicted octanol–water partition coefficient (Wildman–Crippen LogP) is 2.49. The summed E-state index contributed by atoms with van der Waals surface area (Å²) in [5.41, 5.74) is 0.0670. The third-order valence-corrected chi connectivity index (χ3v) is 3.81. The van der Waals surface area contributed by atoms with Crippen molar-refractivity contribution in [1.82, 2.24) is 4.90 Å². The Hall–Kier alpha value is -1.07. The molecule has 0 spiro atoms. The third-order valence-electron chi connectivity index (χ3n) is 3.53. The lowest BCUT2D eigenvalue weighted by atomic mass is 9.98. The molecule has 1 amide bonds. The van der Waals surface area contributed by atoms with Crippen molar-refractivity contribution in [2.45, 2.75) is 36.6 Å². The molecule has 5 heteroatoms. The molecule has 19 heavy (non-hydrogen) atoms. The Morgan fingerprint density at radius 2 is 2.26 bits per heavy atom. The van der Waals surface area contributed by atoms with Gasteiger partial charge in [-0.25, -0.2) is 4.39 Å². The summed E-state index contributed by atoms with van der Waals surface area (Å²) < 4.78 is 13.8. The first-order valence-corrected chi connectivity index (χ1v) is 6.98. The topological polar surface area (TPSA) is 40.5 Å². The van der Waals surface area contributed by atoms with Crippen LogP contribution in [0.1, 0.15) is 36.0 Å². The van der Waals surface area contributed by atoms with Crippen molar-refractivity contribution in [3.8, 4) is 0 Å². The normalized spacial score (nSPS) is 19.5. The molecule has 1 atom stereocenters. The highest BCUT2D eigenvalue weighted by molar-refractivity contribution is 7.80. The van der Waals surface area contributed by atoms with Gasteiger partial charge in [0.25, 0.3) is 5.91 Å². The lowest BCUT2D eigenvalue weighted by molar-refractivity contribution is 0.0569. The number of benzene rings is 1. The summed E-state index contributed by atoms with van der Waals surface area (Å²) in [5, 5.41) is 9.06. The molecular weight excluding hydrogens is 265 g/mol. The van der Waals surface area contributed by atoms with Gasteiger partial charge in [0.05, 0.1) is 5.56 Å². The molecule has 1 aromatic rings. The number of likely N-dealkylation sites (tertiary alicyclic amines) is 1. The first-order valence-electron chi connectivity index (χ1n) is 6.54. The second-order valence-corrected chi connectivity index (χ2v) is 5.34. The Kier molecular flexibility index (Phi) is 4.82. The van der Waals surface area contributed by atoms with E-state index < -0.39 is 5.82 Å². The average Bonchev–Trinajstić information content (AvgIpc) is 2.42. The van der Waals surface area contributed by atoms with E-state index in [2.05, 4.69) is 12.6 Å². The minimum Gasteiger partial charge on any atom is -0.396 e. The molecule has 0 aromatic heterocycles. The molecule has 104 valence electrons. The number of aliphatic hydroxyl groups excluding tert-OH is 1. The number of thiol groups is 1. The van der Waals surface area contributed by atoms with Gasteiger partial charge in [-0.2, -0.15) is 0 Å². The summed E-state index contributed by atoms with van der Waals surface area (Å²) in [5.74, 6) is -0.817. The molecule has 3 nitrogen and oxygen atoms in total. The van der Waals surface area contributed by atoms with Crippen molar-refractivity contribution < 1.29 is 14.3 Å². The summed E-state index contributed by atoms with van der Waals surface area (Å²) in [6, 6.07) is 4.26. The Morgan fingerprint density at radius 1 is 1.47 bits per heavy atom. The van der Waals surface area contributed by atoms with Crippen LogP contribution in [0.2, 0.25) is 0 Å². The SMILES string of the molecule is O=C(c1cc(S)ccc1F)N1CCCCC1CCO. The summed E-state index contributed by atoms with van der Waals surface area (Å²) >= 11 is 4.15. The van der Waals surface area contributed by atoms with E-state index in [1.807, 2.05) is 0 Å². The number of carbonyl (C=O) groups excluding carboxylic acids is 1. The Labute approximate surface area is 117 Å². The lowest BCUT2D eigenvalue weighted by Crippen LogP contribution is -2.44. The molecule has 1 aliphatic rings. The molecule has 0 saturated carbocycles. The van der Waals surface area contributed by atoms with Gasteiger partial charge in [-0.1, -0.05) is 0 Å². The number of hydrogen-bond donors (Lipinski definition) is 2. The third kappa shape index (κ3) is 3.28. The molecule has 2 rings (SSSR count). The second-order valence-electron chi connectivity index (χ2n) is 4.82. The first kappa shape index (κ1) is 14.3. The maximum absolute atomic E-state index is 13.8. The molecule has 1 unspecified atom stereocenters. The number of nitrogens with zero attached hydrogens (tertiary/aromatic N) is 1. The van der Waals surface area contributed by atoms with Gasteiger partial charge in [-0.3, -0.25) is 4.79 Å². The summed E-state index contributed by atoms with van der Waals surface area (Å²) in [4.78, 5) is 14.7. The van der Waals surface area contributed by atoms with Gasteiger partial charge in [-0.05, 0) is 43.9 Å². The van der Waals surface area contributed by atoms with Crippen molar-refractivity contribution >= 4 is 18.5 Å². The van der Waals surface area contributed by atoms with Gasteiger partial charge in [0.2, 0.25) is 0 Å². The van der Waals surface area contributed by atoms with Gasteiger partial charge < -0.3 is 10.0 Å². The largest absolute Gasteiger partial charge is 0.396 e. The summed E-state index contributed by atoms with van der Waals surface area (Å²) in [6.07, 6.45) is 3.39. The van der Waals surface area contributed by atoms with Gasteiger partial charge >= 0.3 is 0 Å². The molecule has 0 radical (unpaired) electrons. The van der Waals surface area contributed by atoms with Crippen molar-refractivity contribution in [1.29, 1.82) is 0 Å². The maximum Gasteiger partial charge on any atom is 0.257 e. The lowest BCUT2D eigenvalue weighted by Gasteiger charge is -2.35. The van der Waals surface area contributed by atoms with Crippen molar-refractivity contribution in [3.63, 3.8) is 0 Å². The molecule has 1 aliphatic heterocycles. The van der Waals surface area contributed by atoms with E-state index in [1.54, 1.807) is 4.90 Å². The van der Waals surface area contributed by atoms with Crippen LogP contribution < -0.4 is 0 Å². The van der Waals surface area contributed by atoms with E-state index in [1.165, 1.54) is 18.2 Å². The van der Waals surface area contributed by atoms with Crippen LogP contribution in [0.25, 0.3) is 0 Å². The van der Waals surface area contributed by atoms with Gasteiger partial charge in [-0.15, -0.1) is 12.6 Å². The van der Waals surface area contributed by atoms with Gasteiger partial charge in [0.1, 0.15) is 5.82 Å². The van der Waals surface area contributed by atoms with E-state index in [0.717, 1.165) is 19.3 Å². The van der Waals surface area contributed by atoms with E-state index in [9.17, 15) is 9.18 Å². The number of carbonyl (C=O) groups is 1. The Morgan fingerprint density at radius 3 is 3.00 bits per heavy atom. The average molecular weight is 283 g/mol. The molecule has 1 saturated heterocycles. The Bertz CT molecular complexity index is 465. The fourth-order valence-electron chi connectivity index (χ4n) is 2.55. The zero-order valence-corrected chi connectivity index (χ0v) is 11.6. The molecule has 1 heterocycles. The van der Waals surface area contributed by atoms with E-state index in [4.69, 9.17) is 5.11 Å². The quantitative estimate of drug-likeness (QED) is 0.837. The van der Waals surface area contributed by atoms with Crippen molar-refractivity contribution in [2.75, 3.05) is 13.2 Å². The molecule has 0 bridgehead atoms. The monoisotopic (exact) mass is 283 g/mol. The van der Waals surface area contributed by atoms with Crippen molar-refractivity contribution in [2.24, 2.45) is 0 Å². The number of rotatable bonds is 3. The molecule has 1 N–H and O–H groups in total. The standard InChI is InChI=1S/C14H18FNO2S/c15-13-5-4-11(19)9-12(13)14(18)16-7-2-1-3-10(16)6-8-17/h4-5,9-10,17,19H,1-3,6-8H2. The zero-order valence-electron chi connectivity index (χ0n) is 10.7. The van der Waals surface area contributed by atoms with Gasteiger partial charge in [0.15, 0.2) is 0 Å². The number of hydrogen-bond acceptors (Lipinski definition) is 3. The molecule has 1 aromatic carbocycles. The number of amides is 1. The zero-order chi connectivity index (χ0) is 13.8. The molecule has 0 aliphatic carbocycles. The van der Waals surface area contributed by atoms with Crippen molar-refractivity contribution in [3.05, 3.63) is 29.6 Å². The van der Waals surface area contributed by atoms with E-state index in [-0.39, 0.29) is 24.1 Å². The number of aliphatic hydroxyl groups is 1. The smallest absolute Gasteiger partial charge is 0.257 e. The second kappa shape index (κ2) is 6.39. The van der Waals surface area contributed by atoms with Crippen LogP contribution in [-0.4, -0.2) is 35.1 Å². The van der Waals surface area contributed by atoms with Crippen LogP contribution in [0.5, 0.6) is 0 Å². The minimum atomic E-state index is -0.517. The van der Waals surface area contributed by atoms with Crippen LogP contribution in [0.3, 0.4) is 0 Å². The predicted molar refractivity (Wildman–Crippen MR) is 74.0 cm³/mol. The van der Waals surface area contributed by atoms with Crippen LogP contribution >= 0.6 is 12.6 Å². The molecular formula is C14H18FNO2S. The summed E-state index contributed by atoms with van der Waals surface area (Å²) in [6.45, 7) is 0.670. The fraction of sp³-hybridized carbons (Fsp3) is 0.500. The number of piperidine rings is 1. The van der Waals surface area contributed by atoms with Gasteiger partial charge in [0, 0.05) is 24.1 Å². The van der Waals surface area contributed by atoms with E-state index >= 15 is 0 Å². The van der Waals surface area contributed by atoms with Crippen LogP contribution in [0, 0.1) is 5.82 Å². The highest BCUT2D eigenvalue weighted by Crippen LogP contribution is 2.23. The van der Waals surface area contributed by atoms with Crippen LogP contribution in [-0.2, 0) is 0 Å². The maximum atomic E-state index is 13.8. The first-order chi connectivity index (χ1) is 9.13. The highest BCUT2D eigenvalue weighted by Gasteiger charge is 2.28. The Balaban J connectivity index is 2.23. The van der Waals surface area contributed by atoms with Crippen LogP contribution in [0.15, 0.2) is 23.1 Å². The highest BCUT2D eigenvalue weighted by atomic mass is 32.1. The fourth-order valence-corrected chi connectivity index (χ4v) is 2.75. The summed E-state index contributed by atoms with van der Waals surface area (Å²) in [7, 11) is 0. The van der Waals surface area contributed by atoms with Crippen LogP contribution in [0.4, 0.5) is 4.39 Å². The minimum absolute atomic E-state index is 0.00854. The number of halogens is 1. The van der Waals surface area contributed by atoms with E-state index in [0.29, 0.717) is 17.9 Å². The molecule has 1 fully saturated rings.